The first-order chi connectivity index (χ1) is 11.8. The topological polar surface area (TPSA) is 21.1 Å². The summed E-state index contributed by atoms with van der Waals surface area (Å²) in [7, 11) is 2.13. The van der Waals surface area contributed by atoms with Gasteiger partial charge < -0.3 is 4.57 Å². The van der Waals surface area contributed by atoms with Crippen molar-refractivity contribution in [2.45, 2.75) is 25.8 Å². The lowest BCUT2D eigenvalue weighted by Crippen LogP contribution is -2.34. The third-order valence-corrected chi connectivity index (χ3v) is 5.32. The Balaban J connectivity index is 1.36. The lowest BCUT2D eigenvalue weighted by atomic mass is 9.90. The summed E-state index contributed by atoms with van der Waals surface area (Å²) in [5.41, 5.74) is 3.81. The van der Waals surface area contributed by atoms with Crippen molar-refractivity contribution in [3.05, 3.63) is 66.0 Å². The summed E-state index contributed by atoms with van der Waals surface area (Å²) in [5.74, 6) is 2.00. The fourth-order valence-electron chi connectivity index (χ4n) is 3.83. The van der Waals surface area contributed by atoms with Gasteiger partial charge in [0.15, 0.2) is 0 Å². The number of likely N-dealkylation sites (tertiary alicyclic amines) is 1. The first-order valence-corrected chi connectivity index (χ1v) is 8.96. The van der Waals surface area contributed by atoms with Crippen LogP contribution in [0.4, 0.5) is 0 Å². The first kappa shape index (κ1) is 15.4. The molecule has 0 N–H and O–H groups in total. The van der Waals surface area contributed by atoms with Crippen molar-refractivity contribution in [2.24, 2.45) is 13.0 Å². The number of hydrogen-bond donors (Lipinski definition) is 0. The monoisotopic (exact) mass is 319 g/mol. The van der Waals surface area contributed by atoms with E-state index in [0.717, 1.165) is 18.0 Å². The summed E-state index contributed by atoms with van der Waals surface area (Å²) in [5, 5.41) is 0. The molecule has 1 aromatic heterocycles. The minimum Gasteiger partial charge on any atom is -0.330 e. The Morgan fingerprint density at radius 3 is 2.42 bits per heavy atom. The molecule has 1 saturated heterocycles. The van der Waals surface area contributed by atoms with E-state index in [9.17, 15) is 0 Å². The molecule has 2 aromatic carbocycles. The van der Waals surface area contributed by atoms with Crippen LogP contribution in [0.1, 0.15) is 24.2 Å². The van der Waals surface area contributed by atoms with Crippen LogP contribution in [0.25, 0.3) is 11.0 Å². The second-order valence-electron chi connectivity index (χ2n) is 6.99. The number of aryl methyl sites for hydroxylation is 1. The van der Waals surface area contributed by atoms with E-state index in [-0.39, 0.29) is 0 Å². The highest BCUT2D eigenvalue weighted by atomic mass is 15.2. The van der Waals surface area contributed by atoms with Crippen molar-refractivity contribution in [3.63, 3.8) is 0 Å². The van der Waals surface area contributed by atoms with Crippen LogP contribution in [-0.4, -0.2) is 27.5 Å². The summed E-state index contributed by atoms with van der Waals surface area (Å²) >= 11 is 0. The molecule has 0 radical (unpaired) electrons. The molecule has 0 aliphatic carbocycles. The van der Waals surface area contributed by atoms with Crippen molar-refractivity contribution in [3.8, 4) is 0 Å². The van der Waals surface area contributed by atoms with Crippen LogP contribution >= 0.6 is 0 Å². The van der Waals surface area contributed by atoms with E-state index in [1.807, 2.05) is 0 Å². The van der Waals surface area contributed by atoms with Crippen LogP contribution in [-0.2, 0) is 20.0 Å². The fourth-order valence-corrected chi connectivity index (χ4v) is 3.83. The lowest BCUT2D eigenvalue weighted by Gasteiger charge is -2.31. The average Bonchev–Trinajstić information content (AvgIpc) is 2.94. The molecule has 4 rings (SSSR count). The molecule has 3 aromatic rings. The van der Waals surface area contributed by atoms with Crippen LogP contribution in [0, 0.1) is 5.92 Å². The predicted molar refractivity (Wildman–Crippen MR) is 98.9 cm³/mol. The molecule has 2 heterocycles. The number of piperidine rings is 1. The summed E-state index contributed by atoms with van der Waals surface area (Å²) in [6, 6.07) is 19.3. The van der Waals surface area contributed by atoms with E-state index in [0.29, 0.717) is 0 Å². The molecule has 1 aliphatic heterocycles. The summed E-state index contributed by atoms with van der Waals surface area (Å²) < 4.78 is 2.24. The highest BCUT2D eigenvalue weighted by Crippen LogP contribution is 2.23. The second kappa shape index (κ2) is 6.78. The van der Waals surface area contributed by atoms with Gasteiger partial charge in [-0.15, -0.1) is 0 Å². The minimum atomic E-state index is 0.823. The zero-order valence-electron chi connectivity index (χ0n) is 14.4. The maximum Gasteiger partial charge on any atom is 0.123 e. The molecule has 24 heavy (non-hydrogen) atoms. The van der Waals surface area contributed by atoms with Gasteiger partial charge in [0.1, 0.15) is 5.82 Å². The maximum atomic E-state index is 4.81. The number of benzene rings is 2. The van der Waals surface area contributed by atoms with Gasteiger partial charge in [0.25, 0.3) is 0 Å². The Morgan fingerprint density at radius 1 is 0.958 bits per heavy atom. The molecule has 0 amide bonds. The van der Waals surface area contributed by atoms with Crippen LogP contribution in [0.3, 0.4) is 0 Å². The van der Waals surface area contributed by atoms with Gasteiger partial charge in [-0.2, -0.15) is 0 Å². The normalized spacial score (nSPS) is 16.7. The largest absolute Gasteiger partial charge is 0.330 e. The number of fused-ring (bicyclic) bond motifs is 1. The smallest absolute Gasteiger partial charge is 0.123 e. The highest BCUT2D eigenvalue weighted by Gasteiger charge is 2.21. The predicted octanol–water partition coefficient (Wildman–Crippen LogP) is 4.03. The number of imidazole rings is 1. The van der Waals surface area contributed by atoms with Gasteiger partial charge in [-0.25, -0.2) is 4.98 Å². The van der Waals surface area contributed by atoms with Gasteiger partial charge in [-0.05, 0) is 56.0 Å². The van der Waals surface area contributed by atoms with E-state index >= 15 is 0 Å². The average molecular weight is 319 g/mol. The van der Waals surface area contributed by atoms with Crippen molar-refractivity contribution in [2.75, 3.05) is 13.1 Å². The van der Waals surface area contributed by atoms with Crippen molar-refractivity contribution < 1.29 is 0 Å². The van der Waals surface area contributed by atoms with Crippen molar-refractivity contribution >= 4 is 11.0 Å². The number of para-hydroxylation sites is 2. The molecule has 3 heteroatoms. The molecule has 0 spiro atoms. The molecule has 3 nitrogen and oxygen atoms in total. The fraction of sp³-hybridized carbons (Fsp3) is 0.381. The molecule has 0 saturated carbocycles. The van der Waals surface area contributed by atoms with Gasteiger partial charge in [0.05, 0.1) is 17.6 Å². The zero-order valence-corrected chi connectivity index (χ0v) is 14.4. The lowest BCUT2D eigenvalue weighted by molar-refractivity contribution is 0.172. The Morgan fingerprint density at radius 2 is 1.67 bits per heavy atom. The molecule has 1 aliphatic rings. The van der Waals surface area contributed by atoms with Crippen molar-refractivity contribution in [1.29, 1.82) is 0 Å². The molecule has 1 fully saturated rings. The van der Waals surface area contributed by atoms with Crippen LogP contribution in [0.15, 0.2) is 54.6 Å². The maximum absolute atomic E-state index is 4.81. The Bertz CT molecular complexity index is 798. The van der Waals surface area contributed by atoms with Gasteiger partial charge in [0, 0.05) is 7.05 Å². The van der Waals surface area contributed by atoms with E-state index in [1.165, 1.54) is 49.3 Å². The highest BCUT2D eigenvalue weighted by molar-refractivity contribution is 5.75. The number of hydrogen-bond acceptors (Lipinski definition) is 2. The quantitative estimate of drug-likeness (QED) is 0.724. The Hall–Kier alpha value is -2.13. The number of nitrogens with zero attached hydrogens (tertiary/aromatic N) is 3. The summed E-state index contributed by atoms with van der Waals surface area (Å²) in [4.78, 5) is 7.37. The van der Waals surface area contributed by atoms with Crippen LogP contribution < -0.4 is 0 Å². The van der Waals surface area contributed by atoms with Gasteiger partial charge in [-0.1, -0.05) is 42.5 Å². The van der Waals surface area contributed by atoms with Crippen molar-refractivity contribution in [1.82, 2.24) is 14.5 Å². The second-order valence-corrected chi connectivity index (χ2v) is 6.99. The van der Waals surface area contributed by atoms with Gasteiger partial charge in [-0.3, -0.25) is 4.90 Å². The molecule has 124 valence electrons. The number of rotatable bonds is 4. The Labute approximate surface area is 143 Å². The molecule has 0 atom stereocenters. The van der Waals surface area contributed by atoms with Crippen LogP contribution in [0.2, 0.25) is 0 Å². The molecular weight excluding hydrogens is 294 g/mol. The standard InChI is InChI=1S/C21H25N3/c1-23-20-10-6-5-9-19(20)22-21(23)16-24-13-11-18(12-14-24)15-17-7-3-2-4-8-17/h2-10,18H,11-16H2,1H3. The zero-order chi connectivity index (χ0) is 16.4. The Kier molecular flexibility index (Phi) is 4.35. The first-order valence-electron chi connectivity index (χ1n) is 8.96. The van der Waals surface area contributed by atoms with E-state index in [4.69, 9.17) is 4.98 Å². The third kappa shape index (κ3) is 3.22. The third-order valence-electron chi connectivity index (χ3n) is 5.32. The van der Waals surface area contributed by atoms with E-state index < -0.39 is 0 Å². The van der Waals surface area contributed by atoms with Crippen LogP contribution in [0.5, 0.6) is 0 Å². The van der Waals surface area contributed by atoms with Gasteiger partial charge >= 0.3 is 0 Å². The molecule has 0 bridgehead atoms. The summed E-state index contributed by atoms with van der Waals surface area (Å²) in [6.45, 7) is 3.32. The number of aromatic nitrogens is 2. The molecule has 0 unspecified atom stereocenters. The minimum absolute atomic E-state index is 0.823. The van der Waals surface area contributed by atoms with E-state index in [2.05, 4.69) is 71.1 Å². The summed E-state index contributed by atoms with van der Waals surface area (Å²) in [6.07, 6.45) is 3.80. The van der Waals surface area contributed by atoms with Gasteiger partial charge in [0.2, 0.25) is 0 Å². The molecular formula is C21H25N3. The van der Waals surface area contributed by atoms with E-state index in [1.54, 1.807) is 0 Å². The SMILES string of the molecule is Cn1c(CN2CCC(Cc3ccccc3)CC2)nc2ccccc21.